The number of rotatable bonds is 5. The minimum Gasteiger partial charge on any atom is -0.368 e. The van der Waals surface area contributed by atoms with Gasteiger partial charge in [0.2, 0.25) is 5.95 Å². The number of hydrogen-bond acceptors (Lipinski definition) is 6. The molecule has 3 aromatic heterocycles. The molecular weight excluding hydrogens is 409 g/mol. The number of aromatic nitrogens is 5. The highest BCUT2D eigenvalue weighted by Gasteiger charge is 2.14. The van der Waals surface area contributed by atoms with Crippen molar-refractivity contribution in [1.29, 1.82) is 5.26 Å². The Balaban J connectivity index is 1.68. The minimum absolute atomic E-state index is 0.0670. The molecule has 0 atom stereocenters. The lowest BCUT2D eigenvalue weighted by Gasteiger charge is -2.09. The Morgan fingerprint density at radius 3 is 2.59 bits per heavy atom. The summed E-state index contributed by atoms with van der Waals surface area (Å²) in [7, 11) is 0. The van der Waals surface area contributed by atoms with Crippen LogP contribution in [0.1, 0.15) is 31.1 Å². The number of nitriles is 1. The first kappa shape index (κ1) is 20.9. The highest BCUT2D eigenvalue weighted by atomic mass is 19.1. The van der Waals surface area contributed by atoms with Gasteiger partial charge in [0.05, 0.1) is 29.2 Å². The van der Waals surface area contributed by atoms with Gasteiger partial charge in [-0.3, -0.25) is 9.48 Å². The van der Waals surface area contributed by atoms with E-state index >= 15 is 0 Å². The molecule has 3 heterocycles. The second kappa shape index (κ2) is 8.43. The van der Waals surface area contributed by atoms with Crippen LogP contribution in [-0.2, 0) is 6.54 Å². The lowest BCUT2D eigenvalue weighted by atomic mass is 10.1. The van der Waals surface area contributed by atoms with Gasteiger partial charge in [0.1, 0.15) is 11.9 Å². The van der Waals surface area contributed by atoms with E-state index in [1.807, 2.05) is 36.9 Å². The van der Waals surface area contributed by atoms with Crippen LogP contribution in [0.25, 0.3) is 22.5 Å². The first-order valence-corrected chi connectivity index (χ1v) is 9.94. The van der Waals surface area contributed by atoms with Crippen LogP contribution in [0.4, 0.5) is 10.3 Å². The standard InChI is InChI=1S/C23H20FN7O/c1-14(2)31-9-7-17(29-31)13-30-8-6-15(10-21(30)32)19-11-20(28-23(26)27-19)18-5-3-4-16(12-25)22(18)24/h3-11,14H,13H2,1-2H3,(H2,26,27,28). The summed E-state index contributed by atoms with van der Waals surface area (Å²) < 4.78 is 18.0. The number of benzene rings is 1. The molecule has 4 aromatic rings. The second-order valence-corrected chi connectivity index (χ2v) is 7.54. The van der Waals surface area contributed by atoms with Crippen molar-refractivity contribution in [3.05, 3.63) is 82.3 Å². The van der Waals surface area contributed by atoms with Crippen molar-refractivity contribution in [3.8, 4) is 28.6 Å². The predicted molar refractivity (Wildman–Crippen MR) is 118 cm³/mol. The van der Waals surface area contributed by atoms with Crippen LogP contribution >= 0.6 is 0 Å². The molecule has 0 amide bonds. The zero-order chi connectivity index (χ0) is 22.8. The number of anilines is 1. The molecule has 0 aliphatic rings. The predicted octanol–water partition coefficient (Wildman–Crippen LogP) is 3.39. The number of pyridine rings is 1. The third-order valence-electron chi connectivity index (χ3n) is 4.96. The van der Waals surface area contributed by atoms with Gasteiger partial charge < -0.3 is 10.3 Å². The van der Waals surface area contributed by atoms with E-state index < -0.39 is 5.82 Å². The molecule has 9 heteroatoms. The van der Waals surface area contributed by atoms with E-state index in [1.165, 1.54) is 22.8 Å². The van der Waals surface area contributed by atoms with Crippen molar-refractivity contribution >= 4 is 5.95 Å². The van der Waals surface area contributed by atoms with E-state index in [4.69, 9.17) is 11.0 Å². The molecular formula is C23H20FN7O. The smallest absolute Gasteiger partial charge is 0.251 e. The number of nitrogens with two attached hydrogens (primary N) is 1. The Morgan fingerprint density at radius 1 is 1.12 bits per heavy atom. The van der Waals surface area contributed by atoms with Crippen molar-refractivity contribution in [2.75, 3.05) is 5.73 Å². The van der Waals surface area contributed by atoms with Crippen LogP contribution in [0.5, 0.6) is 0 Å². The normalized spacial score (nSPS) is 11.0. The van der Waals surface area contributed by atoms with Crippen LogP contribution < -0.4 is 11.3 Å². The molecule has 0 saturated carbocycles. The fourth-order valence-electron chi connectivity index (χ4n) is 3.29. The van der Waals surface area contributed by atoms with Crippen LogP contribution in [0.3, 0.4) is 0 Å². The van der Waals surface area contributed by atoms with Gasteiger partial charge in [0.25, 0.3) is 5.56 Å². The summed E-state index contributed by atoms with van der Waals surface area (Å²) in [6.45, 7) is 4.39. The van der Waals surface area contributed by atoms with E-state index in [1.54, 1.807) is 24.4 Å². The Bertz CT molecular complexity index is 1400. The monoisotopic (exact) mass is 429 g/mol. The van der Waals surface area contributed by atoms with Crippen molar-refractivity contribution < 1.29 is 4.39 Å². The van der Waals surface area contributed by atoms with Crippen molar-refractivity contribution in [2.24, 2.45) is 0 Å². The van der Waals surface area contributed by atoms with Gasteiger partial charge in [-0.15, -0.1) is 0 Å². The maximum Gasteiger partial charge on any atom is 0.251 e. The number of nitrogens with zero attached hydrogens (tertiary/aromatic N) is 6. The summed E-state index contributed by atoms with van der Waals surface area (Å²) in [5, 5.41) is 13.5. The van der Waals surface area contributed by atoms with E-state index in [0.29, 0.717) is 17.8 Å². The van der Waals surface area contributed by atoms with E-state index in [9.17, 15) is 9.18 Å². The molecule has 0 unspecified atom stereocenters. The largest absolute Gasteiger partial charge is 0.368 e. The Hall–Kier alpha value is -4.32. The minimum atomic E-state index is -0.685. The first-order chi connectivity index (χ1) is 15.4. The summed E-state index contributed by atoms with van der Waals surface area (Å²) in [6.07, 6.45) is 3.53. The van der Waals surface area contributed by atoms with Crippen LogP contribution in [-0.4, -0.2) is 24.3 Å². The Kier molecular flexibility index (Phi) is 5.52. The molecule has 0 bridgehead atoms. The third kappa shape index (κ3) is 4.11. The topological polar surface area (TPSA) is 115 Å². The highest BCUT2D eigenvalue weighted by molar-refractivity contribution is 5.70. The van der Waals surface area contributed by atoms with Gasteiger partial charge in [-0.1, -0.05) is 6.07 Å². The average Bonchev–Trinajstić information content (AvgIpc) is 3.24. The number of halogens is 1. The zero-order valence-corrected chi connectivity index (χ0v) is 17.5. The third-order valence-corrected chi connectivity index (χ3v) is 4.96. The molecule has 0 fully saturated rings. The zero-order valence-electron chi connectivity index (χ0n) is 17.5. The van der Waals surface area contributed by atoms with Gasteiger partial charge in [-0.05, 0) is 44.2 Å². The summed E-state index contributed by atoms with van der Waals surface area (Å²) in [4.78, 5) is 21.0. The molecule has 8 nitrogen and oxygen atoms in total. The maximum atomic E-state index is 14.6. The summed E-state index contributed by atoms with van der Waals surface area (Å²) in [5.74, 6) is -0.752. The molecule has 0 spiro atoms. The van der Waals surface area contributed by atoms with E-state index in [-0.39, 0.29) is 34.4 Å². The SMILES string of the molecule is CC(C)n1ccc(Cn2ccc(-c3cc(-c4cccc(C#N)c4F)nc(N)n3)cc2=O)n1. The average molecular weight is 429 g/mol. The fourth-order valence-corrected chi connectivity index (χ4v) is 3.29. The van der Waals surface area contributed by atoms with Gasteiger partial charge in [-0.2, -0.15) is 10.4 Å². The van der Waals surface area contributed by atoms with Crippen LogP contribution in [0.2, 0.25) is 0 Å². The van der Waals surface area contributed by atoms with Crippen molar-refractivity contribution in [2.45, 2.75) is 26.4 Å². The van der Waals surface area contributed by atoms with Crippen LogP contribution in [0, 0.1) is 17.1 Å². The fraction of sp³-hybridized carbons (Fsp3) is 0.174. The van der Waals surface area contributed by atoms with Gasteiger partial charge >= 0.3 is 0 Å². The van der Waals surface area contributed by atoms with Gasteiger partial charge in [-0.25, -0.2) is 14.4 Å². The Labute approximate surface area is 183 Å². The van der Waals surface area contributed by atoms with Crippen molar-refractivity contribution in [3.63, 3.8) is 0 Å². The molecule has 0 saturated heterocycles. The van der Waals surface area contributed by atoms with Crippen LogP contribution in [0.15, 0.2) is 59.7 Å². The number of nitrogen functional groups attached to an aromatic ring is 1. The Morgan fingerprint density at radius 2 is 1.91 bits per heavy atom. The molecule has 32 heavy (non-hydrogen) atoms. The molecule has 2 N–H and O–H groups in total. The number of hydrogen-bond donors (Lipinski definition) is 1. The van der Waals surface area contributed by atoms with Gasteiger partial charge in [0.15, 0.2) is 0 Å². The molecule has 160 valence electrons. The highest BCUT2D eigenvalue weighted by Crippen LogP contribution is 2.27. The summed E-state index contributed by atoms with van der Waals surface area (Å²) >= 11 is 0. The molecule has 1 aromatic carbocycles. The van der Waals surface area contributed by atoms with Crippen molar-refractivity contribution in [1.82, 2.24) is 24.3 Å². The molecule has 0 aliphatic heterocycles. The summed E-state index contributed by atoms with van der Waals surface area (Å²) in [5.41, 5.74) is 7.55. The quantitative estimate of drug-likeness (QED) is 0.520. The van der Waals surface area contributed by atoms with Gasteiger partial charge in [0, 0.05) is 35.6 Å². The summed E-state index contributed by atoms with van der Waals surface area (Å²) in [6, 6.07) is 13.1. The molecule has 0 aliphatic carbocycles. The van der Waals surface area contributed by atoms with E-state index in [2.05, 4.69) is 15.1 Å². The second-order valence-electron chi connectivity index (χ2n) is 7.54. The van der Waals surface area contributed by atoms with E-state index in [0.717, 1.165) is 5.69 Å². The lowest BCUT2D eigenvalue weighted by molar-refractivity contribution is 0.523. The molecule has 0 radical (unpaired) electrons. The molecule has 4 rings (SSSR count). The first-order valence-electron chi connectivity index (χ1n) is 9.94. The lowest BCUT2D eigenvalue weighted by Crippen LogP contribution is -2.19. The maximum absolute atomic E-state index is 14.6.